The highest BCUT2D eigenvalue weighted by Gasteiger charge is 2.10. The second-order valence-electron chi connectivity index (χ2n) is 4.73. The van der Waals surface area contributed by atoms with Gasteiger partial charge in [0.1, 0.15) is 11.5 Å². The van der Waals surface area contributed by atoms with E-state index in [4.69, 9.17) is 0 Å². The van der Waals surface area contributed by atoms with E-state index in [0.717, 1.165) is 16.8 Å². The van der Waals surface area contributed by atoms with Gasteiger partial charge in [0.25, 0.3) is 5.91 Å². The minimum atomic E-state index is -0.318. The first kappa shape index (κ1) is 12.4. The SMILES string of the molecule is Cc1ccc(NC(=O)c2cc3cc(F)ccc3[nH]2)cc1. The lowest BCUT2D eigenvalue weighted by molar-refractivity contribution is 0.102. The van der Waals surface area contributed by atoms with E-state index in [0.29, 0.717) is 11.1 Å². The van der Waals surface area contributed by atoms with E-state index in [2.05, 4.69) is 10.3 Å². The number of aromatic nitrogens is 1. The lowest BCUT2D eigenvalue weighted by Crippen LogP contribution is -2.12. The predicted octanol–water partition coefficient (Wildman–Crippen LogP) is 3.87. The largest absolute Gasteiger partial charge is 0.351 e. The topological polar surface area (TPSA) is 44.9 Å². The zero-order chi connectivity index (χ0) is 14.1. The summed E-state index contributed by atoms with van der Waals surface area (Å²) in [5.41, 5.74) is 3.00. The molecule has 1 heterocycles. The molecule has 0 unspecified atom stereocenters. The lowest BCUT2D eigenvalue weighted by Gasteiger charge is -2.03. The van der Waals surface area contributed by atoms with Gasteiger partial charge in [0.05, 0.1) is 0 Å². The second-order valence-corrected chi connectivity index (χ2v) is 4.73. The Bertz CT molecular complexity index is 775. The molecule has 1 amide bonds. The number of hydrogen-bond donors (Lipinski definition) is 2. The normalized spacial score (nSPS) is 10.7. The Morgan fingerprint density at radius 1 is 1.10 bits per heavy atom. The summed E-state index contributed by atoms with van der Waals surface area (Å²) in [6.07, 6.45) is 0. The Morgan fingerprint density at radius 2 is 1.85 bits per heavy atom. The molecule has 2 N–H and O–H groups in total. The first-order chi connectivity index (χ1) is 9.61. The molecule has 20 heavy (non-hydrogen) atoms. The fraction of sp³-hybridized carbons (Fsp3) is 0.0625. The Hall–Kier alpha value is -2.62. The monoisotopic (exact) mass is 268 g/mol. The molecule has 0 saturated carbocycles. The van der Waals surface area contributed by atoms with Crippen molar-refractivity contribution in [3.8, 4) is 0 Å². The number of H-pyrrole nitrogens is 1. The minimum Gasteiger partial charge on any atom is -0.351 e. The van der Waals surface area contributed by atoms with Gasteiger partial charge in [0.15, 0.2) is 0 Å². The smallest absolute Gasteiger partial charge is 0.272 e. The van der Waals surface area contributed by atoms with Gasteiger partial charge in [-0.05, 0) is 43.3 Å². The summed E-state index contributed by atoms with van der Waals surface area (Å²) in [6, 6.07) is 13.6. The van der Waals surface area contributed by atoms with Crippen molar-refractivity contribution in [2.45, 2.75) is 6.92 Å². The number of halogens is 1. The molecular weight excluding hydrogens is 255 g/mol. The lowest BCUT2D eigenvalue weighted by atomic mass is 10.2. The van der Waals surface area contributed by atoms with Gasteiger partial charge in [-0.25, -0.2) is 4.39 Å². The molecular formula is C16H13FN2O. The summed E-state index contributed by atoms with van der Waals surface area (Å²) >= 11 is 0. The van der Waals surface area contributed by atoms with Crippen LogP contribution in [0.15, 0.2) is 48.5 Å². The average molecular weight is 268 g/mol. The third kappa shape index (κ3) is 2.40. The zero-order valence-corrected chi connectivity index (χ0v) is 10.9. The van der Waals surface area contributed by atoms with Crippen molar-refractivity contribution in [1.29, 1.82) is 0 Å². The molecule has 0 spiro atoms. The van der Waals surface area contributed by atoms with Gasteiger partial charge >= 0.3 is 0 Å². The average Bonchev–Trinajstić information content (AvgIpc) is 2.84. The van der Waals surface area contributed by atoms with Crippen molar-refractivity contribution in [2.24, 2.45) is 0 Å². The maximum Gasteiger partial charge on any atom is 0.272 e. The molecule has 0 bridgehead atoms. The van der Waals surface area contributed by atoms with Gasteiger partial charge in [-0.2, -0.15) is 0 Å². The molecule has 4 heteroatoms. The molecule has 0 radical (unpaired) electrons. The predicted molar refractivity (Wildman–Crippen MR) is 77.4 cm³/mol. The van der Waals surface area contributed by atoms with Crippen LogP contribution < -0.4 is 5.32 Å². The molecule has 0 aliphatic heterocycles. The molecule has 3 nitrogen and oxygen atoms in total. The van der Waals surface area contributed by atoms with Crippen LogP contribution in [0.5, 0.6) is 0 Å². The third-order valence-electron chi connectivity index (χ3n) is 3.14. The van der Waals surface area contributed by atoms with Crippen LogP contribution in [0.4, 0.5) is 10.1 Å². The third-order valence-corrected chi connectivity index (χ3v) is 3.14. The van der Waals surface area contributed by atoms with Crippen LogP contribution in [0.25, 0.3) is 10.9 Å². The van der Waals surface area contributed by atoms with Crippen molar-refractivity contribution in [2.75, 3.05) is 5.32 Å². The van der Waals surface area contributed by atoms with Crippen LogP contribution in [0, 0.1) is 12.7 Å². The van der Waals surface area contributed by atoms with Gasteiger partial charge < -0.3 is 10.3 Å². The first-order valence-electron chi connectivity index (χ1n) is 6.28. The number of carbonyl (C=O) groups excluding carboxylic acids is 1. The summed E-state index contributed by atoms with van der Waals surface area (Å²) in [5, 5.41) is 3.48. The molecule has 0 aliphatic carbocycles. The van der Waals surface area contributed by atoms with Crippen molar-refractivity contribution in [1.82, 2.24) is 4.98 Å². The van der Waals surface area contributed by atoms with E-state index in [9.17, 15) is 9.18 Å². The Labute approximate surface area is 115 Å². The molecule has 0 atom stereocenters. The quantitative estimate of drug-likeness (QED) is 0.728. The van der Waals surface area contributed by atoms with Crippen molar-refractivity contribution in [3.05, 3.63) is 65.6 Å². The van der Waals surface area contributed by atoms with E-state index in [1.807, 2.05) is 31.2 Å². The molecule has 0 aliphatic rings. The number of hydrogen-bond acceptors (Lipinski definition) is 1. The van der Waals surface area contributed by atoms with Crippen LogP contribution in [0.3, 0.4) is 0 Å². The molecule has 100 valence electrons. The molecule has 2 aromatic carbocycles. The van der Waals surface area contributed by atoms with E-state index >= 15 is 0 Å². The van der Waals surface area contributed by atoms with Gasteiger partial charge in [0.2, 0.25) is 0 Å². The van der Waals surface area contributed by atoms with Crippen LogP contribution in [-0.4, -0.2) is 10.9 Å². The summed E-state index contributed by atoms with van der Waals surface area (Å²) < 4.78 is 13.1. The minimum absolute atomic E-state index is 0.245. The summed E-state index contributed by atoms with van der Waals surface area (Å²) in [5.74, 6) is -0.563. The summed E-state index contributed by atoms with van der Waals surface area (Å²) in [6.45, 7) is 1.98. The van der Waals surface area contributed by atoms with E-state index in [1.165, 1.54) is 12.1 Å². The highest BCUT2D eigenvalue weighted by molar-refractivity contribution is 6.05. The van der Waals surface area contributed by atoms with Crippen molar-refractivity contribution >= 4 is 22.5 Å². The number of carbonyl (C=O) groups is 1. The number of amides is 1. The molecule has 3 aromatic rings. The molecule has 0 saturated heterocycles. The number of rotatable bonds is 2. The first-order valence-corrected chi connectivity index (χ1v) is 6.28. The van der Waals surface area contributed by atoms with Gasteiger partial charge in [-0.1, -0.05) is 17.7 Å². The number of benzene rings is 2. The highest BCUT2D eigenvalue weighted by atomic mass is 19.1. The molecule has 1 aromatic heterocycles. The van der Waals surface area contributed by atoms with E-state index < -0.39 is 0 Å². The van der Waals surface area contributed by atoms with Crippen LogP contribution in [-0.2, 0) is 0 Å². The van der Waals surface area contributed by atoms with Crippen LogP contribution >= 0.6 is 0 Å². The van der Waals surface area contributed by atoms with E-state index in [1.54, 1.807) is 12.1 Å². The van der Waals surface area contributed by atoms with Crippen LogP contribution in [0.1, 0.15) is 16.1 Å². The van der Waals surface area contributed by atoms with Crippen molar-refractivity contribution < 1.29 is 9.18 Å². The number of anilines is 1. The fourth-order valence-corrected chi connectivity index (χ4v) is 2.06. The standard InChI is InChI=1S/C16H13FN2O/c1-10-2-5-13(6-3-10)18-16(20)15-9-11-8-12(17)4-7-14(11)19-15/h2-9,19H,1H3,(H,18,20). The zero-order valence-electron chi connectivity index (χ0n) is 10.9. The van der Waals surface area contributed by atoms with Gasteiger partial charge in [0, 0.05) is 16.6 Å². The Morgan fingerprint density at radius 3 is 2.60 bits per heavy atom. The van der Waals surface area contributed by atoms with Crippen LogP contribution in [0.2, 0.25) is 0 Å². The summed E-state index contributed by atoms with van der Waals surface area (Å²) in [4.78, 5) is 15.1. The number of fused-ring (bicyclic) bond motifs is 1. The maximum atomic E-state index is 13.1. The van der Waals surface area contributed by atoms with Gasteiger partial charge in [-0.3, -0.25) is 4.79 Å². The second kappa shape index (κ2) is 4.81. The van der Waals surface area contributed by atoms with Crippen molar-refractivity contribution in [3.63, 3.8) is 0 Å². The van der Waals surface area contributed by atoms with Gasteiger partial charge in [-0.15, -0.1) is 0 Å². The maximum absolute atomic E-state index is 13.1. The summed E-state index contributed by atoms with van der Waals surface area (Å²) in [7, 11) is 0. The Balaban J connectivity index is 1.86. The molecule has 0 fully saturated rings. The fourth-order valence-electron chi connectivity index (χ4n) is 2.06. The Kier molecular flexibility index (Phi) is 2.99. The van der Waals surface area contributed by atoms with E-state index in [-0.39, 0.29) is 11.7 Å². The molecule has 3 rings (SSSR count). The number of aromatic amines is 1. The highest BCUT2D eigenvalue weighted by Crippen LogP contribution is 2.18. The number of nitrogens with one attached hydrogen (secondary N) is 2. The number of aryl methyl sites for hydroxylation is 1.